The smallest absolute Gasteiger partial charge is 0.0766 e. The van der Waals surface area contributed by atoms with Crippen LogP contribution in [0, 0.1) is 5.92 Å². The summed E-state index contributed by atoms with van der Waals surface area (Å²) in [4.78, 5) is 0.694. The van der Waals surface area contributed by atoms with E-state index >= 15 is 0 Å². The van der Waals surface area contributed by atoms with E-state index in [0.29, 0.717) is 4.83 Å². The molecule has 96 valence electrons. The van der Waals surface area contributed by atoms with Crippen molar-refractivity contribution < 1.29 is 0 Å². The van der Waals surface area contributed by atoms with Crippen molar-refractivity contribution in [2.24, 2.45) is 5.92 Å². The lowest BCUT2D eigenvalue weighted by molar-refractivity contribution is 0.516. The second kappa shape index (κ2) is 5.87. The maximum atomic E-state index is 4.67. The van der Waals surface area contributed by atoms with E-state index in [1.165, 1.54) is 35.1 Å². The number of halogens is 2. The van der Waals surface area contributed by atoms with Gasteiger partial charge >= 0.3 is 0 Å². The van der Waals surface area contributed by atoms with Crippen molar-refractivity contribution in [2.75, 3.05) is 0 Å². The average Bonchev–Trinajstić information content (AvgIpc) is 2.86. The highest BCUT2D eigenvalue weighted by molar-refractivity contribution is 9.10. The summed E-state index contributed by atoms with van der Waals surface area (Å²) in [7, 11) is 0. The van der Waals surface area contributed by atoms with E-state index < -0.39 is 0 Å². The lowest BCUT2D eigenvalue weighted by Crippen LogP contribution is -2.13. The summed E-state index contributed by atoms with van der Waals surface area (Å²) in [5, 5.41) is 4.67. The number of alkyl halides is 1. The van der Waals surface area contributed by atoms with Gasteiger partial charge in [-0.05, 0) is 54.5 Å². The Bertz CT molecular complexity index is 387. The fourth-order valence-corrected chi connectivity index (χ4v) is 4.18. The SMILES string of the molecule is CCc1nn(CC)c(CC2CCCC2Br)c1Br. The molecule has 1 aromatic heterocycles. The quantitative estimate of drug-likeness (QED) is 0.728. The van der Waals surface area contributed by atoms with E-state index in [-0.39, 0.29) is 0 Å². The van der Waals surface area contributed by atoms with Crippen LogP contribution < -0.4 is 0 Å². The summed E-state index contributed by atoms with van der Waals surface area (Å²) >= 11 is 7.54. The van der Waals surface area contributed by atoms with Crippen LogP contribution >= 0.6 is 31.9 Å². The first-order valence-electron chi connectivity index (χ1n) is 6.55. The van der Waals surface area contributed by atoms with E-state index in [9.17, 15) is 0 Å². The van der Waals surface area contributed by atoms with Crippen LogP contribution in [0.3, 0.4) is 0 Å². The van der Waals surface area contributed by atoms with Gasteiger partial charge in [0.2, 0.25) is 0 Å². The van der Waals surface area contributed by atoms with E-state index in [4.69, 9.17) is 0 Å². The molecule has 4 heteroatoms. The third-order valence-corrected chi connectivity index (χ3v) is 5.84. The summed E-state index contributed by atoms with van der Waals surface area (Å²) in [6.45, 7) is 5.30. The Morgan fingerprint density at radius 2 is 2.12 bits per heavy atom. The van der Waals surface area contributed by atoms with Crippen LogP contribution in [0.5, 0.6) is 0 Å². The van der Waals surface area contributed by atoms with Crippen LogP contribution in [-0.4, -0.2) is 14.6 Å². The topological polar surface area (TPSA) is 17.8 Å². The molecule has 1 aliphatic carbocycles. The number of aryl methyl sites for hydroxylation is 2. The van der Waals surface area contributed by atoms with Gasteiger partial charge in [0.25, 0.3) is 0 Å². The number of rotatable bonds is 4. The monoisotopic (exact) mass is 362 g/mol. The average molecular weight is 364 g/mol. The molecule has 17 heavy (non-hydrogen) atoms. The van der Waals surface area contributed by atoms with Gasteiger partial charge in [-0.15, -0.1) is 0 Å². The second-order valence-electron chi connectivity index (χ2n) is 4.79. The van der Waals surface area contributed by atoms with Gasteiger partial charge in [-0.1, -0.05) is 29.3 Å². The Morgan fingerprint density at radius 3 is 2.65 bits per heavy atom. The van der Waals surface area contributed by atoms with Crippen molar-refractivity contribution >= 4 is 31.9 Å². The van der Waals surface area contributed by atoms with E-state index in [2.05, 4.69) is 55.5 Å². The van der Waals surface area contributed by atoms with Gasteiger partial charge in [0.15, 0.2) is 0 Å². The first kappa shape index (κ1) is 13.6. The largest absolute Gasteiger partial charge is 0.268 e. The molecule has 2 atom stereocenters. The maximum Gasteiger partial charge on any atom is 0.0766 e. The molecule has 0 N–H and O–H groups in total. The first-order chi connectivity index (χ1) is 8.17. The summed E-state index contributed by atoms with van der Waals surface area (Å²) in [5.74, 6) is 0.776. The molecular weight excluding hydrogens is 344 g/mol. The van der Waals surface area contributed by atoms with Gasteiger partial charge in [0, 0.05) is 11.4 Å². The molecule has 1 aromatic rings. The van der Waals surface area contributed by atoms with E-state index in [0.717, 1.165) is 25.3 Å². The van der Waals surface area contributed by atoms with Crippen molar-refractivity contribution in [3.63, 3.8) is 0 Å². The first-order valence-corrected chi connectivity index (χ1v) is 8.26. The Hall–Kier alpha value is 0.170. The van der Waals surface area contributed by atoms with Gasteiger partial charge in [0.05, 0.1) is 15.9 Å². The summed E-state index contributed by atoms with van der Waals surface area (Å²) in [6, 6.07) is 0. The molecule has 2 unspecified atom stereocenters. The Labute approximate surface area is 120 Å². The fraction of sp³-hybridized carbons (Fsp3) is 0.769. The fourth-order valence-electron chi connectivity index (χ4n) is 2.68. The maximum absolute atomic E-state index is 4.67. The van der Waals surface area contributed by atoms with Crippen molar-refractivity contribution in [2.45, 2.75) is 57.3 Å². The van der Waals surface area contributed by atoms with Gasteiger partial charge in [0.1, 0.15) is 0 Å². The molecule has 0 bridgehead atoms. The summed E-state index contributed by atoms with van der Waals surface area (Å²) in [5.41, 5.74) is 2.59. The van der Waals surface area contributed by atoms with Gasteiger partial charge in [-0.25, -0.2) is 0 Å². The molecule has 2 nitrogen and oxygen atoms in total. The predicted molar refractivity (Wildman–Crippen MR) is 78.7 cm³/mol. The molecule has 1 fully saturated rings. The zero-order valence-electron chi connectivity index (χ0n) is 10.5. The van der Waals surface area contributed by atoms with Crippen LogP contribution in [0.25, 0.3) is 0 Å². The molecule has 0 amide bonds. The van der Waals surface area contributed by atoms with Gasteiger partial charge in [-0.2, -0.15) is 5.10 Å². The molecule has 0 radical (unpaired) electrons. The third-order valence-electron chi connectivity index (χ3n) is 3.72. The van der Waals surface area contributed by atoms with Gasteiger partial charge < -0.3 is 0 Å². The highest BCUT2D eigenvalue weighted by atomic mass is 79.9. The predicted octanol–water partition coefficient (Wildman–Crippen LogP) is 4.33. The van der Waals surface area contributed by atoms with Crippen molar-refractivity contribution in [3.8, 4) is 0 Å². The molecule has 0 spiro atoms. The van der Waals surface area contributed by atoms with Gasteiger partial charge in [-0.3, -0.25) is 4.68 Å². The number of hydrogen-bond acceptors (Lipinski definition) is 1. The minimum atomic E-state index is 0.694. The second-order valence-corrected chi connectivity index (χ2v) is 6.76. The minimum Gasteiger partial charge on any atom is -0.268 e. The lowest BCUT2D eigenvalue weighted by atomic mass is 10.0. The molecule has 1 aliphatic rings. The molecule has 2 rings (SSSR count). The normalized spacial score (nSPS) is 24.5. The standard InChI is InChI=1S/C13H20Br2N2/c1-3-11-13(15)12(17(4-2)16-11)8-9-6-5-7-10(9)14/h9-10H,3-8H2,1-2H3. The summed E-state index contributed by atoms with van der Waals surface area (Å²) < 4.78 is 3.41. The third kappa shape index (κ3) is 2.78. The van der Waals surface area contributed by atoms with Crippen molar-refractivity contribution in [3.05, 3.63) is 15.9 Å². The van der Waals surface area contributed by atoms with E-state index in [1.54, 1.807) is 0 Å². The number of aromatic nitrogens is 2. The van der Waals surface area contributed by atoms with Crippen LogP contribution in [0.15, 0.2) is 4.47 Å². The molecule has 0 saturated heterocycles. The van der Waals surface area contributed by atoms with Crippen molar-refractivity contribution in [1.29, 1.82) is 0 Å². The Morgan fingerprint density at radius 1 is 1.35 bits per heavy atom. The zero-order chi connectivity index (χ0) is 12.4. The zero-order valence-corrected chi connectivity index (χ0v) is 13.7. The molecule has 0 aromatic carbocycles. The minimum absolute atomic E-state index is 0.694. The highest BCUT2D eigenvalue weighted by Crippen LogP contribution is 2.36. The van der Waals surface area contributed by atoms with Crippen LogP contribution in [0.2, 0.25) is 0 Å². The highest BCUT2D eigenvalue weighted by Gasteiger charge is 2.27. The molecule has 0 aliphatic heterocycles. The lowest BCUT2D eigenvalue weighted by Gasteiger charge is -2.15. The van der Waals surface area contributed by atoms with Crippen LogP contribution in [-0.2, 0) is 19.4 Å². The summed E-state index contributed by atoms with van der Waals surface area (Å²) in [6.07, 6.45) is 6.18. The Balaban J connectivity index is 2.21. The molecular formula is C13H20Br2N2. The van der Waals surface area contributed by atoms with Crippen LogP contribution in [0.1, 0.15) is 44.5 Å². The number of nitrogens with zero attached hydrogens (tertiary/aromatic N) is 2. The molecule has 1 heterocycles. The molecule has 1 saturated carbocycles. The van der Waals surface area contributed by atoms with Crippen LogP contribution in [0.4, 0.5) is 0 Å². The van der Waals surface area contributed by atoms with E-state index in [1.807, 2.05) is 0 Å². The number of hydrogen-bond donors (Lipinski definition) is 0. The van der Waals surface area contributed by atoms with Crippen molar-refractivity contribution in [1.82, 2.24) is 9.78 Å². The Kier molecular flexibility index (Phi) is 4.70.